The Morgan fingerprint density at radius 2 is 2.05 bits per heavy atom. The van der Waals surface area contributed by atoms with Crippen molar-refractivity contribution < 1.29 is 4.92 Å². The quantitative estimate of drug-likeness (QED) is 0.667. The van der Waals surface area contributed by atoms with Crippen LogP contribution in [0.25, 0.3) is 0 Å². The molecule has 118 valence electrons. The van der Waals surface area contributed by atoms with Crippen molar-refractivity contribution in [2.24, 2.45) is 0 Å². The fourth-order valence-electron chi connectivity index (χ4n) is 2.82. The third-order valence-corrected chi connectivity index (χ3v) is 4.25. The van der Waals surface area contributed by atoms with E-state index < -0.39 is 4.92 Å². The summed E-state index contributed by atoms with van der Waals surface area (Å²) in [5.74, 6) is 0. The summed E-state index contributed by atoms with van der Waals surface area (Å²) in [5.41, 5.74) is 0.650. The number of nitro groups is 1. The molecule has 0 aliphatic carbocycles. The Kier molecular flexibility index (Phi) is 4.99. The molecule has 1 heterocycles. The van der Waals surface area contributed by atoms with E-state index in [9.17, 15) is 10.1 Å². The van der Waals surface area contributed by atoms with Gasteiger partial charge in [-0.05, 0) is 51.9 Å². The molecule has 0 unspecified atom stereocenters. The Bertz CT molecular complexity index is 586. The van der Waals surface area contributed by atoms with Crippen LogP contribution < -0.4 is 5.32 Å². The lowest BCUT2D eigenvalue weighted by Gasteiger charge is -2.41. The Hall–Kier alpha value is -2.13. The van der Waals surface area contributed by atoms with E-state index in [1.807, 2.05) is 6.07 Å². The highest BCUT2D eigenvalue weighted by Gasteiger charge is 2.28. The molecular weight excluding hydrogens is 280 g/mol. The van der Waals surface area contributed by atoms with Crippen molar-refractivity contribution >= 4 is 11.4 Å². The van der Waals surface area contributed by atoms with E-state index >= 15 is 0 Å². The van der Waals surface area contributed by atoms with Crippen LogP contribution in [-0.4, -0.2) is 35.0 Å². The number of anilines is 1. The molecule has 0 aromatic heterocycles. The minimum atomic E-state index is -0.447. The molecule has 1 aliphatic rings. The van der Waals surface area contributed by atoms with Gasteiger partial charge in [-0.15, -0.1) is 0 Å². The normalized spacial score (nSPS) is 16.0. The van der Waals surface area contributed by atoms with Gasteiger partial charge in [0.1, 0.15) is 5.69 Å². The van der Waals surface area contributed by atoms with Crippen molar-refractivity contribution in [1.29, 1.82) is 5.26 Å². The third-order valence-electron chi connectivity index (χ3n) is 4.25. The molecule has 0 amide bonds. The average Bonchev–Trinajstić information content (AvgIpc) is 2.53. The van der Waals surface area contributed by atoms with Gasteiger partial charge >= 0.3 is 0 Å². The summed E-state index contributed by atoms with van der Waals surface area (Å²) in [5, 5.41) is 23.2. The Morgan fingerprint density at radius 3 is 2.64 bits per heavy atom. The minimum Gasteiger partial charge on any atom is -0.378 e. The average molecular weight is 302 g/mol. The van der Waals surface area contributed by atoms with E-state index in [1.165, 1.54) is 25.3 Å². The molecule has 0 radical (unpaired) electrons. The largest absolute Gasteiger partial charge is 0.378 e. The summed E-state index contributed by atoms with van der Waals surface area (Å²) >= 11 is 0. The summed E-state index contributed by atoms with van der Waals surface area (Å²) in [4.78, 5) is 13.1. The number of benzene rings is 1. The molecule has 1 N–H and O–H groups in total. The number of nitrogens with zero attached hydrogens (tertiary/aromatic N) is 3. The Labute approximate surface area is 130 Å². The number of nitrogens with one attached hydrogen (secondary N) is 1. The molecule has 2 rings (SSSR count). The van der Waals surface area contributed by atoms with Gasteiger partial charge in [-0.3, -0.25) is 15.0 Å². The van der Waals surface area contributed by atoms with Crippen LogP contribution in [0.2, 0.25) is 0 Å². The highest BCUT2D eigenvalue weighted by Crippen LogP contribution is 2.27. The molecule has 1 aromatic rings. The number of piperidine rings is 1. The van der Waals surface area contributed by atoms with Crippen LogP contribution in [0.15, 0.2) is 18.2 Å². The van der Waals surface area contributed by atoms with Gasteiger partial charge in [-0.1, -0.05) is 6.42 Å². The molecule has 1 fully saturated rings. The summed E-state index contributed by atoms with van der Waals surface area (Å²) < 4.78 is 0. The zero-order valence-electron chi connectivity index (χ0n) is 13.1. The summed E-state index contributed by atoms with van der Waals surface area (Å²) in [6.07, 6.45) is 3.70. The smallest absolute Gasteiger partial charge is 0.293 e. The standard InChI is InChI=1S/C16H22N4O2/c1-16(2,19-8-4-3-5-9-19)12-18-14-7-6-13(11-17)10-15(14)20(21)22/h6-7,10,18H,3-5,8-9,12H2,1-2H3. The molecule has 0 atom stereocenters. The van der Waals surface area contributed by atoms with E-state index in [-0.39, 0.29) is 11.2 Å². The molecular formula is C16H22N4O2. The fourth-order valence-corrected chi connectivity index (χ4v) is 2.82. The van der Waals surface area contributed by atoms with Gasteiger partial charge in [0.2, 0.25) is 0 Å². The van der Waals surface area contributed by atoms with Crippen molar-refractivity contribution in [1.82, 2.24) is 4.90 Å². The number of nitro benzene ring substituents is 1. The van der Waals surface area contributed by atoms with E-state index in [1.54, 1.807) is 12.1 Å². The lowest BCUT2D eigenvalue weighted by Crippen LogP contribution is -2.50. The van der Waals surface area contributed by atoms with Crippen LogP contribution >= 0.6 is 0 Å². The van der Waals surface area contributed by atoms with Gasteiger partial charge in [-0.2, -0.15) is 5.26 Å². The van der Waals surface area contributed by atoms with Gasteiger partial charge in [-0.25, -0.2) is 0 Å². The third kappa shape index (κ3) is 3.74. The highest BCUT2D eigenvalue weighted by atomic mass is 16.6. The molecule has 0 saturated carbocycles. The molecule has 1 saturated heterocycles. The van der Waals surface area contributed by atoms with Crippen LogP contribution in [0.3, 0.4) is 0 Å². The van der Waals surface area contributed by atoms with Crippen molar-refractivity contribution in [3.05, 3.63) is 33.9 Å². The van der Waals surface area contributed by atoms with E-state index in [0.717, 1.165) is 13.1 Å². The van der Waals surface area contributed by atoms with Gasteiger partial charge < -0.3 is 5.32 Å². The molecule has 0 bridgehead atoms. The number of hydrogen-bond donors (Lipinski definition) is 1. The van der Waals surface area contributed by atoms with Crippen molar-refractivity contribution in [2.75, 3.05) is 25.0 Å². The summed E-state index contributed by atoms with van der Waals surface area (Å²) in [6.45, 7) is 7.08. The Morgan fingerprint density at radius 1 is 1.36 bits per heavy atom. The maximum absolute atomic E-state index is 11.2. The van der Waals surface area contributed by atoms with Gasteiger partial charge in [0.25, 0.3) is 5.69 Å². The van der Waals surface area contributed by atoms with Crippen molar-refractivity contribution in [2.45, 2.75) is 38.6 Å². The van der Waals surface area contributed by atoms with Crippen LogP contribution in [0, 0.1) is 21.4 Å². The maximum Gasteiger partial charge on any atom is 0.293 e. The first kappa shape index (κ1) is 16.2. The highest BCUT2D eigenvalue weighted by molar-refractivity contribution is 5.64. The maximum atomic E-state index is 11.2. The number of hydrogen-bond acceptors (Lipinski definition) is 5. The second-order valence-corrected chi connectivity index (χ2v) is 6.31. The molecule has 1 aliphatic heterocycles. The minimum absolute atomic E-state index is 0.0477. The zero-order valence-corrected chi connectivity index (χ0v) is 13.1. The lowest BCUT2D eigenvalue weighted by molar-refractivity contribution is -0.384. The second kappa shape index (κ2) is 6.75. The van der Waals surface area contributed by atoms with Crippen molar-refractivity contribution in [3.63, 3.8) is 0 Å². The van der Waals surface area contributed by atoms with Gasteiger partial charge in [0.15, 0.2) is 0 Å². The predicted molar refractivity (Wildman–Crippen MR) is 85.8 cm³/mol. The topological polar surface area (TPSA) is 82.2 Å². The first-order valence-corrected chi connectivity index (χ1v) is 7.61. The summed E-state index contributed by atoms with van der Waals surface area (Å²) in [7, 11) is 0. The van der Waals surface area contributed by atoms with E-state index in [4.69, 9.17) is 5.26 Å². The van der Waals surface area contributed by atoms with Crippen LogP contribution in [0.1, 0.15) is 38.7 Å². The van der Waals surface area contributed by atoms with E-state index in [0.29, 0.717) is 17.8 Å². The molecule has 6 nitrogen and oxygen atoms in total. The SMILES string of the molecule is CC(C)(CNc1ccc(C#N)cc1[N+](=O)[O-])N1CCCCC1. The monoisotopic (exact) mass is 302 g/mol. The zero-order chi connectivity index (χ0) is 16.2. The van der Waals surface area contributed by atoms with Crippen molar-refractivity contribution in [3.8, 4) is 6.07 Å². The fraction of sp³-hybridized carbons (Fsp3) is 0.562. The lowest BCUT2D eigenvalue weighted by atomic mass is 9.98. The summed E-state index contributed by atoms with van der Waals surface area (Å²) in [6, 6.07) is 6.46. The first-order chi connectivity index (χ1) is 10.4. The predicted octanol–water partition coefficient (Wildman–Crippen LogP) is 3.14. The van der Waals surface area contributed by atoms with Crippen LogP contribution in [0.5, 0.6) is 0 Å². The van der Waals surface area contributed by atoms with Crippen LogP contribution in [0.4, 0.5) is 11.4 Å². The number of nitriles is 1. The number of rotatable bonds is 5. The molecule has 1 aromatic carbocycles. The van der Waals surface area contributed by atoms with E-state index in [2.05, 4.69) is 24.1 Å². The van der Waals surface area contributed by atoms with Crippen LogP contribution in [-0.2, 0) is 0 Å². The van der Waals surface area contributed by atoms with Gasteiger partial charge in [0.05, 0.1) is 16.6 Å². The first-order valence-electron chi connectivity index (χ1n) is 7.61. The molecule has 22 heavy (non-hydrogen) atoms. The Balaban J connectivity index is 2.10. The molecule has 0 spiro atoms. The van der Waals surface area contributed by atoms with Gasteiger partial charge in [0, 0.05) is 18.2 Å². The number of likely N-dealkylation sites (tertiary alicyclic amines) is 1. The second-order valence-electron chi connectivity index (χ2n) is 6.31. The molecule has 6 heteroatoms.